The normalized spacial score (nSPS) is 19.3. The highest BCUT2D eigenvalue weighted by Gasteiger charge is 2.23. The Bertz CT molecular complexity index is 500. The van der Waals surface area contributed by atoms with Crippen molar-refractivity contribution in [3.05, 3.63) is 17.0 Å². The van der Waals surface area contributed by atoms with Crippen molar-refractivity contribution in [1.82, 2.24) is 4.98 Å². The first-order valence-electron chi connectivity index (χ1n) is 5.69. The molecule has 2 N–H and O–H groups in total. The first kappa shape index (κ1) is 13.8. The number of amides is 1. The summed E-state index contributed by atoms with van der Waals surface area (Å²) in [4.78, 5) is 16.2. The highest BCUT2D eigenvalue weighted by molar-refractivity contribution is 6.33. The molecule has 0 aromatic carbocycles. The summed E-state index contributed by atoms with van der Waals surface area (Å²) >= 11 is 5.68. The third kappa shape index (κ3) is 3.05. The minimum atomic E-state index is -1.31. The largest absolute Gasteiger partial charge is 0.465 e. The van der Waals surface area contributed by atoms with Crippen LogP contribution >= 0.6 is 11.6 Å². The molecule has 8 heteroatoms. The van der Waals surface area contributed by atoms with Crippen molar-refractivity contribution in [1.29, 1.82) is 0 Å². The van der Waals surface area contributed by atoms with E-state index in [9.17, 15) is 9.18 Å². The number of hydrogen-bond acceptors (Lipinski definition) is 4. The molecule has 0 saturated carbocycles. The number of halogens is 2. The zero-order valence-electron chi connectivity index (χ0n) is 10.2. The van der Waals surface area contributed by atoms with Gasteiger partial charge < -0.3 is 14.7 Å². The first-order valence-corrected chi connectivity index (χ1v) is 6.07. The molecule has 1 fully saturated rings. The summed E-state index contributed by atoms with van der Waals surface area (Å²) in [7, 11) is 0. The fourth-order valence-corrected chi connectivity index (χ4v) is 2.05. The molecule has 1 unspecified atom stereocenters. The van der Waals surface area contributed by atoms with E-state index in [-0.39, 0.29) is 16.8 Å². The third-order valence-electron chi connectivity index (χ3n) is 2.81. The fraction of sp³-hybridized carbons (Fsp3) is 0.455. The first-order chi connectivity index (χ1) is 8.99. The Kier molecular flexibility index (Phi) is 4.06. The van der Waals surface area contributed by atoms with Crippen molar-refractivity contribution in [3.63, 3.8) is 0 Å². The quantitative estimate of drug-likeness (QED) is 0.816. The molecule has 1 aromatic heterocycles. The average Bonchev–Trinajstić information content (AvgIpc) is 2.35. The van der Waals surface area contributed by atoms with E-state index in [1.165, 1.54) is 6.07 Å². The van der Waals surface area contributed by atoms with Gasteiger partial charge in [-0.2, -0.15) is 4.39 Å². The van der Waals surface area contributed by atoms with E-state index in [4.69, 9.17) is 21.4 Å². The van der Waals surface area contributed by atoms with Gasteiger partial charge >= 0.3 is 6.09 Å². The molecule has 0 radical (unpaired) electrons. The van der Waals surface area contributed by atoms with Crippen LogP contribution in [0, 0.1) is 5.95 Å². The van der Waals surface area contributed by atoms with Crippen LogP contribution in [0.5, 0.6) is 0 Å². The van der Waals surface area contributed by atoms with Gasteiger partial charge in [-0.1, -0.05) is 11.6 Å². The summed E-state index contributed by atoms with van der Waals surface area (Å²) in [5.41, 5.74) is -0.0182. The molecule has 0 aliphatic carbocycles. The van der Waals surface area contributed by atoms with Crippen molar-refractivity contribution < 1.29 is 19.0 Å². The summed E-state index contributed by atoms with van der Waals surface area (Å²) in [6.07, 6.45) is -1.31. The molecule has 1 saturated heterocycles. The number of carbonyl (C=O) groups is 1. The van der Waals surface area contributed by atoms with Crippen LogP contribution < -0.4 is 10.2 Å². The van der Waals surface area contributed by atoms with E-state index in [0.717, 1.165) is 0 Å². The third-order valence-corrected chi connectivity index (χ3v) is 3.17. The summed E-state index contributed by atoms with van der Waals surface area (Å²) < 4.78 is 18.9. The second-order valence-corrected chi connectivity index (χ2v) is 4.56. The van der Waals surface area contributed by atoms with Gasteiger partial charge in [0.2, 0.25) is 5.95 Å². The maximum atomic E-state index is 13.6. The number of nitrogens with zero attached hydrogens (tertiary/aromatic N) is 2. The molecule has 19 heavy (non-hydrogen) atoms. The number of aromatic nitrogens is 1. The van der Waals surface area contributed by atoms with Gasteiger partial charge in [0.1, 0.15) is 10.8 Å². The maximum Gasteiger partial charge on any atom is 0.409 e. The molecule has 1 aliphatic heterocycles. The lowest BCUT2D eigenvalue weighted by atomic mass is 10.2. The topological polar surface area (TPSA) is 74.7 Å². The van der Waals surface area contributed by atoms with Gasteiger partial charge in [0, 0.05) is 12.6 Å². The van der Waals surface area contributed by atoms with E-state index in [2.05, 4.69) is 10.3 Å². The lowest BCUT2D eigenvalue weighted by molar-refractivity contribution is 0.0984. The summed E-state index contributed by atoms with van der Waals surface area (Å²) in [5.74, 6) is -0.567. The number of nitrogens with one attached hydrogen (secondary N) is 1. The summed E-state index contributed by atoms with van der Waals surface area (Å²) in [6, 6.07) is 1.45. The predicted octanol–water partition coefficient (Wildman–Crippen LogP) is 2.19. The van der Waals surface area contributed by atoms with Crippen LogP contribution in [-0.4, -0.2) is 42.0 Å². The van der Waals surface area contributed by atoms with Gasteiger partial charge in [-0.25, -0.2) is 9.78 Å². The van der Waals surface area contributed by atoms with E-state index in [1.54, 1.807) is 0 Å². The lowest BCUT2D eigenvalue weighted by Gasteiger charge is -2.34. The van der Waals surface area contributed by atoms with Crippen LogP contribution in [0.1, 0.15) is 6.92 Å². The number of rotatable bonds is 2. The molecule has 1 aromatic rings. The summed E-state index contributed by atoms with van der Waals surface area (Å²) in [5, 5.41) is 10.4. The standard InChI is InChI=1S/C11H13ClFN3O3/c1-6-5-19-3-2-16(6)8-4-7(14-11(17)18)9(12)10(13)15-8/h4,6H,2-3,5H2,1H3,(H,14,15)(H,17,18). The van der Waals surface area contributed by atoms with Gasteiger partial charge in [0.25, 0.3) is 0 Å². The van der Waals surface area contributed by atoms with E-state index in [0.29, 0.717) is 25.6 Å². The number of hydrogen-bond donors (Lipinski definition) is 2. The van der Waals surface area contributed by atoms with Gasteiger partial charge in [0.15, 0.2) is 0 Å². The average molecular weight is 290 g/mol. The van der Waals surface area contributed by atoms with Gasteiger partial charge in [-0.05, 0) is 6.92 Å². The second kappa shape index (κ2) is 5.58. The van der Waals surface area contributed by atoms with Crippen molar-refractivity contribution in [2.24, 2.45) is 0 Å². The Labute approximate surface area is 114 Å². The van der Waals surface area contributed by atoms with Crippen molar-refractivity contribution in [2.75, 3.05) is 30.0 Å². The van der Waals surface area contributed by atoms with E-state index in [1.807, 2.05) is 11.8 Å². The minimum Gasteiger partial charge on any atom is -0.465 e. The van der Waals surface area contributed by atoms with Crippen LogP contribution in [0.15, 0.2) is 6.07 Å². The molecular formula is C11H13ClFN3O3. The summed E-state index contributed by atoms with van der Waals surface area (Å²) in [6.45, 7) is 3.49. The Morgan fingerprint density at radius 1 is 1.74 bits per heavy atom. The molecule has 1 aliphatic rings. The highest BCUT2D eigenvalue weighted by atomic mass is 35.5. The zero-order chi connectivity index (χ0) is 14.0. The van der Waals surface area contributed by atoms with Gasteiger partial charge in [-0.15, -0.1) is 0 Å². The minimum absolute atomic E-state index is 0.0182. The molecule has 104 valence electrons. The molecule has 6 nitrogen and oxygen atoms in total. The fourth-order valence-electron chi connectivity index (χ4n) is 1.91. The molecule has 0 bridgehead atoms. The second-order valence-electron chi connectivity index (χ2n) is 4.18. The SMILES string of the molecule is CC1COCCN1c1cc(NC(=O)O)c(Cl)c(F)n1. The van der Waals surface area contributed by atoms with Crippen molar-refractivity contribution >= 4 is 29.2 Å². The molecular weight excluding hydrogens is 277 g/mol. The number of anilines is 2. The van der Waals surface area contributed by atoms with Crippen LogP contribution in [0.2, 0.25) is 5.02 Å². The number of ether oxygens (including phenoxy) is 1. The number of pyridine rings is 1. The Balaban J connectivity index is 2.35. The Morgan fingerprint density at radius 2 is 2.47 bits per heavy atom. The van der Waals surface area contributed by atoms with Crippen LogP contribution in [0.4, 0.5) is 20.7 Å². The molecule has 2 rings (SSSR count). The highest BCUT2D eigenvalue weighted by Crippen LogP contribution is 2.29. The maximum absolute atomic E-state index is 13.6. The lowest BCUT2D eigenvalue weighted by Crippen LogP contribution is -2.44. The van der Waals surface area contributed by atoms with Crippen LogP contribution in [-0.2, 0) is 4.74 Å². The predicted molar refractivity (Wildman–Crippen MR) is 68.5 cm³/mol. The molecule has 2 heterocycles. The van der Waals surface area contributed by atoms with Crippen LogP contribution in [0.25, 0.3) is 0 Å². The Morgan fingerprint density at radius 3 is 3.11 bits per heavy atom. The molecule has 1 atom stereocenters. The van der Waals surface area contributed by atoms with Crippen molar-refractivity contribution in [2.45, 2.75) is 13.0 Å². The van der Waals surface area contributed by atoms with E-state index >= 15 is 0 Å². The number of carboxylic acid groups (broad SMARTS) is 1. The zero-order valence-corrected chi connectivity index (χ0v) is 10.9. The monoisotopic (exact) mass is 289 g/mol. The molecule has 1 amide bonds. The number of morpholine rings is 1. The molecule has 0 spiro atoms. The van der Waals surface area contributed by atoms with E-state index < -0.39 is 12.0 Å². The van der Waals surface area contributed by atoms with Gasteiger partial charge in [-0.3, -0.25) is 5.32 Å². The Hall–Kier alpha value is -1.60. The van der Waals surface area contributed by atoms with Crippen LogP contribution in [0.3, 0.4) is 0 Å². The van der Waals surface area contributed by atoms with Gasteiger partial charge in [0.05, 0.1) is 24.9 Å². The van der Waals surface area contributed by atoms with Crippen molar-refractivity contribution in [3.8, 4) is 0 Å². The smallest absolute Gasteiger partial charge is 0.409 e.